The molecule has 2 amide bonds. The maximum absolute atomic E-state index is 13.3. The van der Waals surface area contributed by atoms with Gasteiger partial charge in [-0.15, -0.1) is 0 Å². The Morgan fingerprint density at radius 1 is 1.21 bits per heavy atom. The molecule has 2 rings (SSSR count). The molecule has 0 heterocycles. The van der Waals surface area contributed by atoms with Gasteiger partial charge in [-0.05, 0) is 30.7 Å². The molecule has 2 aromatic rings. The summed E-state index contributed by atoms with van der Waals surface area (Å²) in [5, 5.41) is 2.67. The Morgan fingerprint density at radius 2 is 1.96 bits per heavy atom. The van der Waals surface area contributed by atoms with E-state index in [0.29, 0.717) is 12.2 Å². The molecular formula is C18H18ClFN2O2. The van der Waals surface area contributed by atoms with Crippen LogP contribution in [0.25, 0.3) is 0 Å². The van der Waals surface area contributed by atoms with Gasteiger partial charge in [0.2, 0.25) is 11.8 Å². The number of amides is 2. The molecule has 0 saturated heterocycles. The van der Waals surface area contributed by atoms with Gasteiger partial charge >= 0.3 is 0 Å². The van der Waals surface area contributed by atoms with E-state index in [1.807, 2.05) is 31.2 Å². The minimum Gasteiger partial charge on any atom is -0.350 e. The van der Waals surface area contributed by atoms with Gasteiger partial charge in [-0.3, -0.25) is 9.59 Å². The molecule has 0 bridgehead atoms. The number of hydrogen-bond donors (Lipinski definition) is 1. The number of anilines is 1. The van der Waals surface area contributed by atoms with Crippen LogP contribution in [0.15, 0.2) is 42.5 Å². The average molecular weight is 349 g/mol. The van der Waals surface area contributed by atoms with Gasteiger partial charge in [0.25, 0.3) is 0 Å². The smallest absolute Gasteiger partial charge is 0.240 e. The second-order valence-electron chi connectivity index (χ2n) is 5.47. The van der Waals surface area contributed by atoms with E-state index in [1.54, 1.807) is 0 Å². The fourth-order valence-corrected chi connectivity index (χ4v) is 2.43. The van der Waals surface area contributed by atoms with E-state index in [-0.39, 0.29) is 23.4 Å². The number of aryl methyl sites for hydroxylation is 1. The van der Waals surface area contributed by atoms with Crippen molar-refractivity contribution in [2.75, 3.05) is 11.4 Å². The van der Waals surface area contributed by atoms with Crippen molar-refractivity contribution >= 4 is 29.1 Å². The topological polar surface area (TPSA) is 49.4 Å². The average Bonchev–Trinajstić information content (AvgIpc) is 2.53. The SMILES string of the molecule is CC(=O)N(CC(=O)NCc1cccc(C)c1)c1ccc(F)c(Cl)c1. The Kier molecular flexibility index (Phi) is 5.93. The number of rotatable bonds is 5. The predicted molar refractivity (Wildman–Crippen MR) is 92.5 cm³/mol. The molecule has 0 aliphatic carbocycles. The predicted octanol–water partition coefficient (Wildman–Crippen LogP) is 3.46. The molecule has 24 heavy (non-hydrogen) atoms. The van der Waals surface area contributed by atoms with Gasteiger partial charge in [0.1, 0.15) is 12.4 Å². The summed E-state index contributed by atoms with van der Waals surface area (Å²) in [6.45, 7) is 3.52. The summed E-state index contributed by atoms with van der Waals surface area (Å²) in [4.78, 5) is 25.2. The van der Waals surface area contributed by atoms with Crippen molar-refractivity contribution in [2.24, 2.45) is 0 Å². The number of benzene rings is 2. The van der Waals surface area contributed by atoms with Crippen LogP contribution in [0, 0.1) is 12.7 Å². The van der Waals surface area contributed by atoms with Crippen LogP contribution in [-0.2, 0) is 16.1 Å². The summed E-state index contributed by atoms with van der Waals surface area (Å²) in [6.07, 6.45) is 0. The third-order valence-corrected chi connectivity index (χ3v) is 3.76. The largest absolute Gasteiger partial charge is 0.350 e. The highest BCUT2D eigenvalue weighted by atomic mass is 35.5. The summed E-state index contributed by atoms with van der Waals surface area (Å²) >= 11 is 5.74. The molecule has 0 radical (unpaired) electrons. The van der Waals surface area contributed by atoms with Crippen molar-refractivity contribution in [2.45, 2.75) is 20.4 Å². The molecule has 0 saturated carbocycles. The number of nitrogens with zero attached hydrogens (tertiary/aromatic N) is 1. The quantitative estimate of drug-likeness (QED) is 0.899. The number of halogens is 2. The Balaban J connectivity index is 2.03. The lowest BCUT2D eigenvalue weighted by atomic mass is 10.1. The zero-order chi connectivity index (χ0) is 17.7. The Hall–Kier alpha value is -2.40. The normalized spacial score (nSPS) is 10.3. The molecule has 0 aromatic heterocycles. The standard InChI is InChI=1S/C18H18ClFN2O2/c1-12-4-3-5-14(8-12)10-21-18(24)11-22(13(2)23)15-6-7-17(20)16(19)9-15/h3-9H,10-11H2,1-2H3,(H,21,24). The summed E-state index contributed by atoms with van der Waals surface area (Å²) in [6, 6.07) is 11.7. The highest BCUT2D eigenvalue weighted by Crippen LogP contribution is 2.22. The van der Waals surface area contributed by atoms with E-state index in [4.69, 9.17) is 11.6 Å². The first-order valence-corrected chi connectivity index (χ1v) is 7.80. The van der Waals surface area contributed by atoms with Gasteiger partial charge in [-0.1, -0.05) is 41.4 Å². The molecular weight excluding hydrogens is 331 g/mol. The fourth-order valence-electron chi connectivity index (χ4n) is 2.26. The second-order valence-corrected chi connectivity index (χ2v) is 5.88. The summed E-state index contributed by atoms with van der Waals surface area (Å²) in [5.74, 6) is -1.22. The third-order valence-electron chi connectivity index (χ3n) is 3.47. The van der Waals surface area contributed by atoms with Gasteiger partial charge in [-0.25, -0.2) is 4.39 Å². The molecule has 0 unspecified atom stereocenters. The molecule has 0 fully saturated rings. The van der Waals surface area contributed by atoms with Gasteiger partial charge in [0.15, 0.2) is 0 Å². The van der Waals surface area contributed by atoms with E-state index < -0.39 is 5.82 Å². The Bertz CT molecular complexity index is 764. The number of carbonyl (C=O) groups is 2. The van der Waals surface area contributed by atoms with Crippen molar-refractivity contribution in [3.8, 4) is 0 Å². The summed E-state index contributed by atoms with van der Waals surface area (Å²) in [7, 11) is 0. The molecule has 4 nitrogen and oxygen atoms in total. The van der Waals surface area contributed by atoms with Gasteiger partial charge in [0, 0.05) is 19.2 Å². The summed E-state index contributed by atoms with van der Waals surface area (Å²) in [5.41, 5.74) is 2.45. The van der Waals surface area contributed by atoms with Crippen LogP contribution < -0.4 is 10.2 Å². The molecule has 1 N–H and O–H groups in total. The van der Waals surface area contributed by atoms with E-state index in [9.17, 15) is 14.0 Å². The van der Waals surface area contributed by atoms with Gasteiger partial charge < -0.3 is 10.2 Å². The number of nitrogens with one attached hydrogen (secondary N) is 1. The second kappa shape index (κ2) is 7.93. The van der Waals surface area contributed by atoms with Crippen molar-refractivity contribution in [1.29, 1.82) is 0 Å². The van der Waals surface area contributed by atoms with Crippen molar-refractivity contribution < 1.29 is 14.0 Å². The van der Waals surface area contributed by atoms with Crippen LogP contribution in [0.4, 0.5) is 10.1 Å². The van der Waals surface area contributed by atoms with E-state index in [0.717, 1.165) is 17.2 Å². The Morgan fingerprint density at radius 3 is 2.58 bits per heavy atom. The molecule has 126 valence electrons. The van der Waals surface area contributed by atoms with E-state index >= 15 is 0 Å². The molecule has 2 aromatic carbocycles. The third kappa shape index (κ3) is 4.80. The molecule has 0 spiro atoms. The van der Waals surface area contributed by atoms with Gasteiger partial charge in [0.05, 0.1) is 5.02 Å². The molecule has 6 heteroatoms. The van der Waals surface area contributed by atoms with Crippen molar-refractivity contribution in [3.05, 3.63) is 64.4 Å². The maximum Gasteiger partial charge on any atom is 0.240 e. The van der Waals surface area contributed by atoms with Crippen molar-refractivity contribution in [3.63, 3.8) is 0 Å². The lowest BCUT2D eigenvalue weighted by Crippen LogP contribution is -2.39. The maximum atomic E-state index is 13.3. The lowest BCUT2D eigenvalue weighted by molar-refractivity contribution is -0.123. The number of carbonyl (C=O) groups excluding carboxylic acids is 2. The minimum absolute atomic E-state index is 0.0982. The lowest BCUT2D eigenvalue weighted by Gasteiger charge is -2.21. The van der Waals surface area contributed by atoms with Crippen LogP contribution in [0.3, 0.4) is 0 Å². The van der Waals surface area contributed by atoms with Crippen LogP contribution in [-0.4, -0.2) is 18.4 Å². The van der Waals surface area contributed by atoms with Crippen LogP contribution in [0.2, 0.25) is 5.02 Å². The monoisotopic (exact) mass is 348 g/mol. The zero-order valence-electron chi connectivity index (χ0n) is 13.5. The van der Waals surface area contributed by atoms with Crippen LogP contribution in [0.5, 0.6) is 0 Å². The zero-order valence-corrected chi connectivity index (χ0v) is 14.2. The molecule has 0 atom stereocenters. The van der Waals surface area contributed by atoms with E-state index in [1.165, 1.54) is 24.0 Å². The van der Waals surface area contributed by atoms with Crippen LogP contribution in [0.1, 0.15) is 18.1 Å². The molecule has 0 aliphatic heterocycles. The summed E-state index contributed by atoms with van der Waals surface area (Å²) < 4.78 is 13.3. The minimum atomic E-state index is -0.576. The molecule has 0 aliphatic rings. The number of hydrogen-bond acceptors (Lipinski definition) is 2. The van der Waals surface area contributed by atoms with Crippen LogP contribution >= 0.6 is 11.6 Å². The van der Waals surface area contributed by atoms with E-state index in [2.05, 4.69) is 5.32 Å². The Labute approximate surface area is 145 Å². The van der Waals surface area contributed by atoms with Crippen molar-refractivity contribution in [1.82, 2.24) is 5.32 Å². The highest BCUT2D eigenvalue weighted by Gasteiger charge is 2.17. The fraction of sp³-hybridized carbons (Fsp3) is 0.222. The first kappa shape index (κ1) is 17.9. The highest BCUT2D eigenvalue weighted by molar-refractivity contribution is 6.31. The first-order chi connectivity index (χ1) is 11.4. The van der Waals surface area contributed by atoms with Gasteiger partial charge in [-0.2, -0.15) is 0 Å². The first-order valence-electron chi connectivity index (χ1n) is 7.42.